The van der Waals surface area contributed by atoms with Crippen molar-refractivity contribution in [3.05, 3.63) is 42.9 Å². The topological polar surface area (TPSA) is 30.2 Å². The van der Waals surface area contributed by atoms with Crippen molar-refractivity contribution < 1.29 is 0 Å². The smallest absolute Gasteiger partial charge is 0.0934 e. The van der Waals surface area contributed by atoms with Gasteiger partial charge in [-0.1, -0.05) is 18.2 Å². The summed E-state index contributed by atoms with van der Waals surface area (Å²) >= 11 is 0. The highest BCUT2D eigenvalue weighted by molar-refractivity contribution is 5.93. The minimum absolute atomic E-state index is 1.01. The van der Waals surface area contributed by atoms with Crippen LogP contribution in [0.25, 0.3) is 16.4 Å². The molecule has 0 saturated heterocycles. The molecule has 3 rings (SSSR count). The zero-order valence-corrected chi connectivity index (χ0v) is 6.88. The average molecular weight is 169 g/mol. The molecule has 0 radical (unpaired) electrons. The summed E-state index contributed by atoms with van der Waals surface area (Å²) in [5, 5.41) is 5.54. The van der Waals surface area contributed by atoms with E-state index in [2.05, 4.69) is 16.1 Å². The van der Waals surface area contributed by atoms with E-state index in [1.54, 1.807) is 6.20 Å². The van der Waals surface area contributed by atoms with Gasteiger partial charge in [0.05, 0.1) is 17.2 Å². The molecule has 0 bridgehead atoms. The lowest BCUT2D eigenvalue weighted by atomic mass is 10.2. The highest BCUT2D eigenvalue weighted by atomic mass is 15.2. The molecule has 0 aliphatic carbocycles. The van der Waals surface area contributed by atoms with Gasteiger partial charge in [0, 0.05) is 17.8 Å². The van der Waals surface area contributed by atoms with E-state index in [1.807, 2.05) is 35.1 Å². The SMILES string of the molecule is c1ccc2c(c1)nn1ccncc21. The van der Waals surface area contributed by atoms with Crippen LogP contribution in [0.3, 0.4) is 0 Å². The van der Waals surface area contributed by atoms with Crippen LogP contribution in [0.5, 0.6) is 0 Å². The minimum Gasteiger partial charge on any atom is -0.261 e. The van der Waals surface area contributed by atoms with Gasteiger partial charge in [0.15, 0.2) is 0 Å². The first-order valence-corrected chi connectivity index (χ1v) is 4.12. The van der Waals surface area contributed by atoms with Crippen LogP contribution in [0.15, 0.2) is 42.9 Å². The molecular formula is C10H7N3. The van der Waals surface area contributed by atoms with Crippen molar-refractivity contribution in [1.82, 2.24) is 14.6 Å². The lowest BCUT2D eigenvalue weighted by Gasteiger charge is -1.88. The number of nitrogens with zero attached hydrogens (tertiary/aromatic N) is 3. The predicted octanol–water partition coefficient (Wildman–Crippen LogP) is 1.88. The summed E-state index contributed by atoms with van der Waals surface area (Å²) in [6.45, 7) is 0. The van der Waals surface area contributed by atoms with Gasteiger partial charge in [0.25, 0.3) is 0 Å². The Kier molecular flexibility index (Phi) is 1.16. The van der Waals surface area contributed by atoms with Crippen molar-refractivity contribution in [3.8, 4) is 0 Å². The van der Waals surface area contributed by atoms with Crippen molar-refractivity contribution >= 4 is 16.4 Å². The van der Waals surface area contributed by atoms with Crippen LogP contribution >= 0.6 is 0 Å². The van der Waals surface area contributed by atoms with Gasteiger partial charge in [-0.2, -0.15) is 5.10 Å². The van der Waals surface area contributed by atoms with Crippen LogP contribution in [0.2, 0.25) is 0 Å². The van der Waals surface area contributed by atoms with Gasteiger partial charge in [0.1, 0.15) is 0 Å². The Morgan fingerprint density at radius 3 is 3.08 bits per heavy atom. The van der Waals surface area contributed by atoms with E-state index in [0.29, 0.717) is 0 Å². The fourth-order valence-corrected chi connectivity index (χ4v) is 1.53. The second-order valence-corrected chi connectivity index (χ2v) is 2.92. The summed E-state index contributed by atoms with van der Waals surface area (Å²) in [7, 11) is 0. The molecule has 3 heteroatoms. The molecule has 0 atom stereocenters. The van der Waals surface area contributed by atoms with E-state index in [0.717, 1.165) is 16.4 Å². The summed E-state index contributed by atoms with van der Waals surface area (Å²) < 4.78 is 1.84. The molecule has 0 amide bonds. The van der Waals surface area contributed by atoms with E-state index in [1.165, 1.54) is 0 Å². The molecule has 0 saturated carbocycles. The first kappa shape index (κ1) is 6.60. The minimum atomic E-state index is 1.01. The summed E-state index contributed by atoms with van der Waals surface area (Å²) in [4.78, 5) is 4.07. The van der Waals surface area contributed by atoms with E-state index in [-0.39, 0.29) is 0 Å². The number of hydrogen-bond donors (Lipinski definition) is 0. The highest BCUT2D eigenvalue weighted by Gasteiger charge is 2.01. The molecule has 0 aliphatic heterocycles. The highest BCUT2D eigenvalue weighted by Crippen LogP contribution is 2.17. The lowest BCUT2D eigenvalue weighted by molar-refractivity contribution is 0.964. The third kappa shape index (κ3) is 0.839. The second-order valence-electron chi connectivity index (χ2n) is 2.92. The Balaban J connectivity index is 2.64. The molecule has 2 aromatic heterocycles. The number of hydrogen-bond acceptors (Lipinski definition) is 2. The van der Waals surface area contributed by atoms with Crippen molar-refractivity contribution in [3.63, 3.8) is 0 Å². The molecule has 1 aromatic carbocycles. The molecule has 0 N–H and O–H groups in total. The van der Waals surface area contributed by atoms with Crippen LogP contribution in [-0.2, 0) is 0 Å². The predicted molar refractivity (Wildman–Crippen MR) is 50.5 cm³/mol. The van der Waals surface area contributed by atoms with Gasteiger partial charge >= 0.3 is 0 Å². The summed E-state index contributed by atoms with van der Waals surface area (Å²) in [5.74, 6) is 0. The fraction of sp³-hybridized carbons (Fsp3) is 0. The van der Waals surface area contributed by atoms with Crippen molar-refractivity contribution in [2.24, 2.45) is 0 Å². The Labute approximate surface area is 74.6 Å². The third-order valence-electron chi connectivity index (χ3n) is 2.13. The maximum Gasteiger partial charge on any atom is 0.0934 e. The quantitative estimate of drug-likeness (QED) is 0.514. The Morgan fingerprint density at radius 1 is 1.15 bits per heavy atom. The average Bonchev–Trinajstić information content (AvgIpc) is 2.56. The van der Waals surface area contributed by atoms with Crippen LogP contribution in [0.4, 0.5) is 0 Å². The van der Waals surface area contributed by atoms with E-state index >= 15 is 0 Å². The molecule has 0 aliphatic rings. The van der Waals surface area contributed by atoms with Crippen LogP contribution in [0.1, 0.15) is 0 Å². The Hall–Kier alpha value is -1.90. The monoisotopic (exact) mass is 169 g/mol. The Morgan fingerprint density at radius 2 is 2.08 bits per heavy atom. The van der Waals surface area contributed by atoms with Gasteiger partial charge in [-0.25, -0.2) is 4.52 Å². The van der Waals surface area contributed by atoms with Gasteiger partial charge in [-0.05, 0) is 6.07 Å². The molecule has 2 heterocycles. The summed E-state index contributed by atoms with van der Waals surface area (Å²) in [6, 6.07) is 8.06. The number of rotatable bonds is 0. The maximum absolute atomic E-state index is 4.39. The number of benzene rings is 1. The van der Waals surface area contributed by atoms with Crippen LogP contribution in [0, 0.1) is 0 Å². The summed E-state index contributed by atoms with van der Waals surface area (Å²) in [5.41, 5.74) is 2.06. The normalized spacial score (nSPS) is 11.1. The first-order chi connectivity index (χ1) is 6.45. The van der Waals surface area contributed by atoms with Gasteiger partial charge in [0.2, 0.25) is 0 Å². The third-order valence-corrected chi connectivity index (χ3v) is 2.13. The van der Waals surface area contributed by atoms with Crippen molar-refractivity contribution in [1.29, 1.82) is 0 Å². The molecule has 3 nitrogen and oxygen atoms in total. The van der Waals surface area contributed by atoms with E-state index in [9.17, 15) is 0 Å². The molecule has 3 aromatic rings. The van der Waals surface area contributed by atoms with Gasteiger partial charge < -0.3 is 0 Å². The Bertz CT molecular complexity index is 518. The zero-order chi connectivity index (χ0) is 8.67. The largest absolute Gasteiger partial charge is 0.261 e. The zero-order valence-electron chi connectivity index (χ0n) is 6.88. The van der Waals surface area contributed by atoms with Crippen molar-refractivity contribution in [2.45, 2.75) is 0 Å². The molecule has 62 valence electrons. The number of aromatic nitrogens is 3. The van der Waals surface area contributed by atoms with Gasteiger partial charge in [-0.15, -0.1) is 0 Å². The van der Waals surface area contributed by atoms with E-state index in [4.69, 9.17) is 0 Å². The van der Waals surface area contributed by atoms with Crippen molar-refractivity contribution in [2.75, 3.05) is 0 Å². The lowest BCUT2D eigenvalue weighted by Crippen LogP contribution is -1.84. The van der Waals surface area contributed by atoms with Gasteiger partial charge in [-0.3, -0.25) is 4.98 Å². The standard InChI is InChI=1S/C10H7N3/c1-2-4-9-8(3-1)10-7-11-5-6-13(10)12-9/h1-7H. The van der Waals surface area contributed by atoms with E-state index < -0.39 is 0 Å². The fourth-order valence-electron chi connectivity index (χ4n) is 1.53. The maximum atomic E-state index is 4.39. The molecule has 0 fully saturated rings. The molecule has 13 heavy (non-hydrogen) atoms. The number of fused-ring (bicyclic) bond motifs is 3. The molecule has 0 unspecified atom stereocenters. The summed E-state index contributed by atoms with van der Waals surface area (Å²) in [6.07, 6.45) is 5.42. The van der Waals surface area contributed by atoms with Crippen LogP contribution in [-0.4, -0.2) is 14.6 Å². The second kappa shape index (κ2) is 2.29. The molecule has 0 spiro atoms. The molecular weight excluding hydrogens is 162 g/mol. The first-order valence-electron chi connectivity index (χ1n) is 4.12. The van der Waals surface area contributed by atoms with Crippen LogP contribution < -0.4 is 0 Å².